The van der Waals surface area contributed by atoms with Gasteiger partial charge in [0.15, 0.2) is 0 Å². The molecule has 0 atom stereocenters. The zero-order chi connectivity index (χ0) is 32.3. The van der Waals surface area contributed by atoms with Crippen LogP contribution in [0.5, 0.6) is 0 Å². The quantitative estimate of drug-likeness (QED) is 0.190. The van der Waals surface area contributed by atoms with Crippen molar-refractivity contribution in [1.82, 2.24) is 0 Å². The van der Waals surface area contributed by atoms with Gasteiger partial charge in [-0.2, -0.15) is 0 Å². The maximum absolute atomic E-state index is 6.41. The molecule has 0 saturated carbocycles. The fourth-order valence-corrected chi connectivity index (χ4v) is 7.45. The van der Waals surface area contributed by atoms with Gasteiger partial charge in [-0.25, -0.2) is 0 Å². The van der Waals surface area contributed by atoms with Gasteiger partial charge in [-0.05, 0) is 82.1 Å². The normalized spacial score (nSPS) is 11.7. The summed E-state index contributed by atoms with van der Waals surface area (Å²) >= 11 is 0. The predicted molar refractivity (Wildman–Crippen MR) is 204 cm³/mol. The molecule has 0 spiro atoms. The first-order chi connectivity index (χ1) is 24.3. The van der Waals surface area contributed by atoms with E-state index in [0.717, 1.165) is 77.6 Å². The van der Waals surface area contributed by atoms with Crippen molar-refractivity contribution < 1.29 is 8.83 Å². The molecule has 0 saturated heterocycles. The van der Waals surface area contributed by atoms with Crippen molar-refractivity contribution in [3.05, 3.63) is 176 Å². The fraction of sp³-hybridized carbons (Fsp3) is 0. The highest BCUT2D eigenvalue weighted by Crippen LogP contribution is 2.47. The third kappa shape index (κ3) is 4.44. The van der Waals surface area contributed by atoms with Crippen LogP contribution in [0.4, 0.5) is 17.1 Å². The average molecular weight is 628 g/mol. The Bertz CT molecular complexity index is 2850. The monoisotopic (exact) mass is 627 g/mol. The van der Waals surface area contributed by atoms with Crippen molar-refractivity contribution in [1.29, 1.82) is 0 Å². The van der Waals surface area contributed by atoms with E-state index in [4.69, 9.17) is 8.83 Å². The lowest BCUT2D eigenvalue weighted by molar-refractivity contribution is 0.668. The molecule has 49 heavy (non-hydrogen) atoms. The van der Waals surface area contributed by atoms with Crippen LogP contribution in [-0.2, 0) is 0 Å². The van der Waals surface area contributed by atoms with Crippen LogP contribution in [-0.4, -0.2) is 0 Å². The zero-order valence-corrected chi connectivity index (χ0v) is 26.5. The lowest BCUT2D eigenvalue weighted by atomic mass is 9.96. The van der Waals surface area contributed by atoms with Crippen molar-refractivity contribution >= 4 is 71.7 Å². The van der Waals surface area contributed by atoms with E-state index >= 15 is 0 Å². The highest BCUT2D eigenvalue weighted by molar-refractivity contribution is 6.14. The van der Waals surface area contributed by atoms with E-state index in [9.17, 15) is 0 Å². The second kappa shape index (κ2) is 11.0. The molecule has 230 valence electrons. The third-order valence-electron chi connectivity index (χ3n) is 9.66. The molecule has 0 radical (unpaired) electrons. The number of hydrogen-bond acceptors (Lipinski definition) is 3. The van der Waals surface area contributed by atoms with E-state index in [1.807, 2.05) is 24.3 Å². The van der Waals surface area contributed by atoms with Gasteiger partial charge in [0.05, 0.1) is 16.8 Å². The van der Waals surface area contributed by atoms with Gasteiger partial charge in [-0.1, -0.05) is 121 Å². The Balaban J connectivity index is 1.23. The lowest BCUT2D eigenvalue weighted by Gasteiger charge is -2.29. The molecule has 3 nitrogen and oxygen atoms in total. The van der Waals surface area contributed by atoms with Crippen molar-refractivity contribution in [2.75, 3.05) is 4.90 Å². The molecule has 2 heterocycles. The maximum atomic E-state index is 6.41. The largest absolute Gasteiger partial charge is 0.456 e. The Morgan fingerprint density at radius 3 is 1.86 bits per heavy atom. The molecule has 10 aromatic rings. The minimum absolute atomic E-state index is 0.857. The summed E-state index contributed by atoms with van der Waals surface area (Å²) in [5, 5.41) is 6.87. The predicted octanol–water partition coefficient (Wildman–Crippen LogP) is 13.4. The summed E-state index contributed by atoms with van der Waals surface area (Å²) in [5.74, 6) is 0. The molecule has 10 rings (SSSR count). The summed E-state index contributed by atoms with van der Waals surface area (Å²) in [4.78, 5) is 2.39. The Morgan fingerprint density at radius 2 is 0.939 bits per heavy atom. The zero-order valence-electron chi connectivity index (χ0n) is 26.5. The molecule has 0 unspecified atom stereocenters. The van der Waals surface area contributed by atoms with E-state index in [2.05, 4.69) is 157 Å². The number of furan rings is 2. The van der Waals surface area contributed by atoms with E-state index in [1.54, 1.807) is 0 Å². The number of rotatable bonds is 5. The number of para-hydroxylation sites is 3. The highest BCUT2D eigenvalue weighted by atomic mass is 16.3. The van der Waals surface area contributed by atoms with Gasteiger partial charge < -0.3 is 13.7 Å². The summed E-state index contributed by atoms with van der Waals surface area (Å²) in [6, 6.07) is 62.1. The van der Waals surface area contributed by atoms with Crippen LogP contribution in [0.1, 0.15) is 0 Å². The third-order valence-corrected chi connectivity index (χ3v) is 9.66. The molecule has 0 fully saturated rings. The molecule has 2 aromatic heterocycles. The van der Waals surface area contributed by atoms with Gasteiger partial charge in [0.1, 0.15) is 22.3 Å². The maximum Gasteiger partial charge on any atom is 0.137 e. The van der Waals surface area contributed by atoms with Crippen LogP contribution >= 0.6 is 0 Å². The molecule has 8 aromatic carbocycles. The van der Waals surface area contributed by atoms with Gasteiger partial charge in [0.2, 0.25) is 0 Å². The van der Waals surface area contributed by atoms with E-state index < -0.39 is 0 Å². The molecule has 3 heteroatoms. The van der Waals surface area contributed by atoms with E-state index in [1.165, 1.54) is 16.3 Å². The number of benzene rings is 8. The second-order valence-corrected chi connectivity index (χ2v) is 12.5. The SMILES string of the molecule is c1cc(-c2cccc3ccccc23)cc(N(c2ccccc2-c2ccc3c(c2)oc2ccccc23)c2cccc3oc4ccccc4c23)c1. The van der Waals surface area contributed by atoms with Crippen molar-refractivity contribution in [2.24, 2.45) is 0 Å². The Kier molecular flexibility index (Phi) is 6.18. The molecular weight excluding hydrogens is 599 g/mol. The smallest absolute Gasteiger partial charge is 0.137 e. The standard InChI is InChI=1S/C46H29NO2/c1-2-16-34-30(12-1)13-10-20-35(34)31-14-9-15-33(28-31)47(41-22-11-25-44-46(41)39-19-5-8-24-43(39)48-44)40-21-6-3-17-36(40)32-26-27-38-37-18-4-7-23-42(37)49-45(38)29-32/h1-29H. The second-order valence-electron chi connectivity index (χ2n) is 12.5. The summed E-state index contributed by atoms with van der Waals surface area (Å²) < 4.78 is 12.8. The summed E-state index contributed by atoms with van der Waals surface area (Å²) in [7, 11) is 0. The topological polar surface area (TPSA) is 29.5 Å². The van der Waals surface area contributed by atoms with Crippen LogP contribution in [0.15, 0.2) is 185 Å². The van der Waals surface area contributed by atoms with E-state index in [0.29, 0.717) is 0 Å². The molecule has 0 aliphatic carbocycles. The summed E-state index contributed by atoms with van der Waals surface area (Å²) in [6.07, 6.45) is 0. The minimum atomic E-state index is 0.857. The summed E-state index contributed by atoms with van der Waals surface area (Å²) in [6.45, 7) is 0. The van der Waals surface area contributed by atoms with Crippen molar-refractivity contribution in [2.45, 2.75) is 0 Å². The number of hydrogen-bond donors (Lipinski definition) is 0. The number of anilines is 3. The molecule has 0 bridgehead atoms. The van der Waals surface area contributed by atoms with Crippen LogP contribution in [0.2, 0.25) is 0 Å². The van der Waals surface area contributed by atoms with Crippen molar-refractivity contribution in [3.63, 3.8) is 0 Å². The van der Waals surface area contributed by atoms with Crippen LogP contribution in [0.25, 0.3) is 76.9 Å². The van der Waals surface area contributed by atoms with Gasteiger partial charge in [0.25, 0.3) is 0 Å². The first-order valence-corrected chi connectivity index (χ1v) is 16.6. The van der Waals surface area contributed by atoms with Crippen LogP contribution in [0.3, 0.4) is 0 Å². The number of nitrogens with zero attached hydrogens (tertiary/aromatic N) is 1. The van der Waals surface area contributed by atoms with Gasteiger partial charge in [0, 0.05) is 27.4 Å². The Morgan fingerprint density at radius 1 is 0.347 bits per heavy atom. The first kappa shape index (κ1) is 27.5. The Hall–Kier alpha value is -6.58. The summed E-state index contributed by atoms with van der Waals surface area (Å²) in [5.41, 5.74) is 11.2. The molecule has 0 N–H and O–H groups in total. The van der Waals surface area contributed by atoms with Gasteiger partial charge >= 0.3 is 0 Å². The molecule has 0 aliphatic rings. The van der Waals surface area contributed by atoms with Gasteiger partial charge in [-0.15, -0.1) is 0 Å². The number of fused-ring (bicyclic) bond motifs is 7. The van der Waals surface area contributed by atoms with Gasteiger partial charge in [-0.3, -0.25) is 0 Å². The van der Waals surface area contributed by atoms with Crippen LogP contribution < -0.4 is 4.90 Å². The fourth-order valence-electron chi connectivity index (χ4n) is 7.45. The first-order valence-electron chi connectivity index (χ1n) is 16.6. The van der Waals surface area contributed by atoms with Crippen LogP contribution in [0, 0.1) is 0 Å². The van der Waals surface area contributed by atoms with E-state index in [-0.39, 0.29) is 0 Å². The molecule has 0 amide bonds. The Labute approximate surface area is 282 Å². The molecule has 0 aliphatic heterocycles. The molecular formula is C46H29NO2. The minimum Gasteiger partial charge on any atom is -0.456 e. The highest BCUT2D eigenvalue weighted by Gasteiger charge is 2.22. The lowest BCUT2D eigenvalue weighted by Crippen LogP contribution is -2.11. The average Bonchev–Trinajstić information content (AvgIpc) is 3.73. The van der Waals surface area contributed by atoms with Crippen molar-refractivity contribution in [3.8, 4) is 22.3 Å².